The number of aromatic nitrogens is 3. The van der Waals surface area contributed by atoms with Gasteiger partial charge in [0.25, 0.3) is 5.91 Å². The minimum atomic E-state index is -0.558. The molecule has 0 aliphatic heterocycles. The van der Waals surface area contributed by atoms with E-state index in [1.54, 1.807) is 12.4 Å². The predicted octanol–water partition coefficient (Wildman–Crippen LogP) is 0.504. The van der Waals surface area contributed by atoms with Crippen molar-refractivity contribution in [3.63, 3.8) is 0 Å². The molecule has 0 spiro atoms. The van der Waals surface area contributed by atoms with Gasteiger partial charge in [0.1, 0.15) is 0 Å². The number of amides is 1. The molecule has 2 aromatic heterocycles. The number of nitrogens with two attached hydrogens (primary N) is 1. The molecule has 66 valence electrons. The molecule has 13 heavy (non-hydrogen) atoms. The van der Waals surface area contributed by atoms with Crippen molar-refractivity contribution in [2.24, 2.45) is 5.73 Å². The Bertz CT molecular complexity index is 415. The van der Waals surface area contributed by atoms with Crippen LogP contribution in [0.5, 0.6) is 0 Å². The van der Waals surface area contributed by atoms with Crippen LogP contribution >= 0.6 is 0 Å². The zero-order chi connectivity index (χ0) is 9.26. The van der Waals surface area contributed by atoms with Gasteiger partial charge in [0, 0.05) is 6.20 Å². The van der Waals surface area contributed by atoms with E-state index in [2.05, 4.69) is 15.0 Å². The second-order valence-corrected chi connectivity index (χ2v) is 2.59. The zero-order valence-corrected chi connectivity index (χ0v) is 6.74. The Balaban J connectivity index is 2.39. The van der Waals surface area contributed by atoms with Crippen LogP contribution in [0.4, 0.5) is 0 Å². The molecule has 0 fully saturated rings. The number of nitrogens with one attached hydrogen (secondary N) is 2. The first kappa shape index (κ1) is 7.60. The van der Waals surface area contributed by atoms with Gasteiger partial charge in [0.05, 0.1) is 17.6 Å². The van der Waals surface area contributed by atoms with Crippen molar-refractivity contribution in [2.45, 2.75) is 0 Å². The number of imidazole rings is 1. The minimum Gasteiger partial charge on any atom is -0.363 e. The van der Waals surface area contributed by atoms with Gasteiger partial charge in [-0.25, -0.2) is 4.98 Å². The van der Waals surface area contributed by atoms with E-state index in [1.165, 1.54) is 0 Å². The molecule has 2 heterocycles. The fourth-order valence-corrected chi connectivity index (χ4v) is 1.08. The van der Waals surface area contributed by atoms with E-state index in [0.717, 1.165) is 11.4 Å². The lowest BCUT2D eigenvalue weighted by Crippen LogP contribution is -2.12. The Morgan fingerprint density at radius 3 is 2.85 bits per heavy atom. The third-order valence-electron chi connectivity index (χ3n) is 1.70. The Morgan fingerprint density at radius 2 is 2.31 bits per heavy atom. The van der Waals surface area contributed by atoms with Gasteiger partial charge >= 0.3 is 0 Å². The summed E-state index contributed by atoms with van der Waals surface area (Å²) in [6.07, 6.45) is 3.35. The molecule has 0 unspecified atom stereocenters. The molecule has 1 amide bonds. The van der Waals surface area contributed by atoms with E-state index >= 15 is 0 Å². The maximum atomic E-state index is 10.7. The second kappa shape index (κ2) is 2.78. The summed E-state index contributed by atoms with van der Waals surface area (Å²) in [5, 5.41) is 0. The number of nitrogens with zero attached hydrogens (tertiary/aromatic N) is 1. The molecule has 0 saturated heterocycles. The SMILES string of the molecule is NC(=O)c1ncc(-c2ccc[nH]2)[nH]1. The summed E-state index contributed by atoms with van der Waals surface area (Å²) in [6, 6.07) is 3.73. The van der Waals surface area contributed by atoms with E-state index in [1.807, 2.05) is 12.1 Å². The maximum Gasteiger partial charge on any atom is 0.284 e. The monoisotopic (exact) mass is 176 g/mol. The predicted molar refractivity (Wildman–Crippen MR) is 46.9 cm³/mol. The number of carbonyl (C=O) groups is 1. The first-order chi connectivity index (χ1) is 6.27. The highest BCUT2D eigenvalue weighted by Gasteiger charge is 2.06. The van der Waals surface area contributed by atoms with Crippen molar-refractivity contribution in [1.29, 1.82) is 0 Å². The van der Waals surface area contributed by atoms with Crippen LogP contribution in [0.2, 0.25) is 0 Å². The Labute approximate surface area is 74.0 Å². The first-order valence-corrected chi connectivity index (χ1v) is 3.76. The highest BCUT2D eigenvalue weighted by molar-refractivity contribution is 5.89. The third-order valence-corrected chi connectivity index (χ3v) is 1.70. The van der Waals surface area contributed by atoms with Gasteiger partial charge in [-0.2, -0.15) is 0 Å². The van der Waals surface area contributed by atoms with Crippen LogP contribution < -0.4 is 5.73 Å². The lowest BCUT2D eigenvalue weighted by molar-refractivity contribution is 0.0991. The molecule has 0 aliphatic carbocycles. The van der Waals surface area contributed by atoms with E-state index in [9.17, 15) is 4.79 Å². The maximum absolute atomic E-state index is 10.7. The summed E-state index contributed by atoms with van der Waals surface area (Å²) in [4.78, 5) is 20.3. The van der Waals surface area contributed by atoms with E-state index in [-0.39, 0.29) is 5.82 Å². The highest BCUT2D eigenvalue weighted by Crippen LogP contribution is 2.13. The molecule has 2 aromatic rings. The average Bonchev–Trinajstić information content (AvgIpc) is 2.75. The van der Waals surface area contributed by atoms with Gasteiger partial charge in [-0.05, 0) is 12.1 Å². The molecule has 0 atom stereocenters. The van der Waals surface area contributed by atoms with Crippen molar-refractivity contribution >= 4 is 5.91 Å². The number of hydrogen-bond donors (Lipinski definition) is 3. The van der Waals surface area contributed by atoms with Gasteiger partial charge in [-0.1, -0.05) is 0 Å². The quantitative estimate of drug-likeness (QED) is 0.622. The summed E-state index contributed by atoms with van der Waals surface area (Å²) in [7, 11) is 0. The smallest absolute Gasteiger partial charge is 0.284 e. The van der Waals surface area contributed by atoms with Crippen LogP contribution in [0.15, 0.2) is 24.5 Å². The van der Waals surface area contributed by atoms with Gasteiger partial charge in [0.15, 0.2) is 5.82 Å². The van der Waals surface area contributed by atoms with Crippen molar-refractivity contribution in [2.75, 3.05) is 0 Å². The van der Waals surface area contributed by atoms with Crippen LogP contribution in [-0.4, -0.2) is 20.9 Å². The normalized spacial score (nSPS) is 10.2. The Morgan fingerprint density at radius 1 is 1.46 bits per heavy atom. The van der Waals surface area contributed by atoms with Crippen LogP contribution in [0, 0.1) is 0 Å². The summed E-state index contributed by atoms with van der Waals surface area (Å²) >= 11 is 0. The number of primary amides is 1. The summed E-state index contributed by atoms with van der Waals surface area (Å²) in [5.41, 5.74) is 6.66. The van der Waals surface area contributed by atoms with E-state index in [4.69, 9.17) is 5.73 Å². The topological polar surface area (TPSA) is 87.6 Å². The van der Waals surface area contributed by atoms with Crippen molar-refractivity contribution < 1.29 is 4.79 Å². The van der Waals surface area contributed by atoms with Crippen LogP contribution in [0.1, 0.15) is 10.6 Å². The van der Waals surface area contributed by atoms with Crippen molar-refractivity contribution in [3.8, 4) is 11.4 Å². The molecule has 5 nitrogen and oxygen atoms in total. The van der Waals surface area contributed by atoms with Crippen LogP contribution in [0.25, 0.3) is 11.4 Å². The number of rotatable bonds is 2. The summed E-state index contributed by atoms with van der Waals surface area (Å²) < 4.78 is 0. The molecule has 2 rings (SSSR count). The van der Waals surface area contributed by atoms with Gasteiger partial charge < -0.3 is 15.7 Å². The fraction of sp³-hybridized carbons (Fsp3) is 0. The number of aromatic amines is 2. The lowest BCUT2D eigenvalue weighted by atomic mass is 10.3. The lowest BCUT2D eigenvalue weighted by Gasteiger charge is -1.89. The molecular weight excluding hydrogens is 168 g/mol. The van der Waals surface area contributed by atoms with E-state index in [0.29, 0.717) is 0 Å². The molecule has 4 N–H and O–H groups in total. The van der Waals surface area contributed by atoms with Gasteiger partial charge in [-0.15, -0.1) is 0 Å². The second-order valence-electron chi connectivity index (χ2n) is 2.59. The molecule has 0 aromatic carbocycles. The summed E-state index contributed by atoms with van der Waals surface area (Å²) in [6.45, 7) is 0. The zero-order valence-electron chi connectivity index (χ0n) is 6.74. The van der Waals surface area contributed by atoms with Crippen LogP contribution in [-0.2, 0) is 0 Å². The van der Waals surface area contributed by atoms with Crippen LogP contribution in [0.3, 0.4) is 0 Å². The van der Waals surface area contributed by atoms with Gasteiger partial charge in [-0.3, -0.25) is 4.79 Å². The molecule has 5 heteroatoms. The number of carbonyl (C=O) groups excluding carboxylic acids is 1. The van der Waals surface area contributed by atoms with E-state index < -0.39 is 5.91 Å². The first-order valence-electron chi connectivity index (χ1n) is 3.76. The molecule has 0 saturated carbocycles. The highest BCUT2D eigenvalue weighted by atomic mass is 16.1. The largest absolute Gasteiger partial charge is 0.363 e. The molecule has 0 aliphatic rings. The molecule has 0 bridgehead atoms. The fourth-order valence-electron chi connectivity index (χ4n) is 1.08. The Hall–Kier alpha value is -2.04. The van der Waals surface area contributed by atoms with Gasteiger partial charge in [0.2, 0.25) is 0 Å². The molecular formula is C8H8N4O. The average molecular weight is 176 g/mol. The third kappa shape index (κ3) is 1.31. The standard InChI is InChI=1S/C8H8N4O/c9-7(13)8-11-4-6(12-8)5-2-1-3-10-5/h1-4,10H,(H2,9,13)(H,11,12). The number of hydrogen-bond acceptors (Lipinski definition) is 2. The minimum absolute atomic E-state index is 0.171. The number of H-pyrrole nitrogens is 2. The molecule has 0 radical (unpaired) electrons. The summed E-state index contributed by atoms with van der Waals surface area (Å²) in [5.74, 6) is -0.387. The Kier molecular flexibility index (Phi) is 1.63. The van der Waals surface area contributed by atoms with Crippen molar-refractivity contribution in [3.05, 3.63) is 30.4 Å². The van der Waals surface area contributed by atoms with Crippen molar-refractivity contribution in [1.82, 2.24) is 15.0 Å².